The molecule has 0 atom stereocenters. The summed E-state index contributed by atoms with van der Waals surface area (Å²) < 4.78 is 0. The van der Waals surface area contributed by atoms with Crippen LogP contribution in [-0.2, 0) is 4.79 Å². The summed E-state index contributed by atoms with van der Waals surface area (Å²) in [5.41, 5.74) is 1.36. The third kappa shape index (κ3) is 2.92. The van der Waals surface area contributed by atoms with E-state index in [1.54, 1.807) is 12.1 Å². The van der Waals surface area contributed by atoms with Crippen LogP contribution in [0.4, 0.5) is 5.69 Å². The maximum absolute atomic E-state index is 11.1. The second kappa shape index (κ2) is 4.86. The number of carbonyl (C=O) groups is 1. The van der Waals surface area contributed by atoms with E-state index in [0.717, 1.165) is 5.56 Å². The summed E-state index contributed by atoms with van der Waals surface area (Å²) in [7, 11) is 0. The average molecular weight is 214 g/mol. The van der Waals surface area contributed by atoms with Gasteiger partial charge in [0.1, 0.15) is 5.75 Å². The second-order valence-corrected chi connectivity index (χ2v) is 3.39. The predicted octanol–water partition coefficient (Wildman–Crippen LogP) is 2.27. The molecule has 0 bridgehead atoms. The van der Waals surface area contributed by atoms with Crippen LogP contribution in [0.3, 0.4) is 0 Å². The lowest BCUT2D eigenvalue weighted by Gasteiger charge is -2.06. The van der Waals surface area contributed by atoms with Crippen molar-refractivity contribution in [3.63, 3.8) is 0 Å². The Balaban J connectivity index is 2.72. The first kappa shape index (κ1) is 10.9. The molecule has 0 fully saturated rings. The van der Waals surface area contributed by atoms with Gasteiger partial charge < -0.3 is 10.4 Å². The van der Waals surface area contributed by atoms with E-state index in [2.05, 4.69) is 5.32 Å². The number of halogens is 1. The Morgan fingerprint density at radius 1 is 1.57 bits per heavy atom. The summed E-state index contributed by atoms with van der Waals surface area (Å²) >= 11 is 5.40. The molecule has 14 heavy (non-hydrogen) atoms. The number of benzene rings is 1. The lowest BCUT2D eigenvalue weighted by atomic mass is 10.2. The summed E-state index contributed by atoms with van der Waals surface area (Å²) in [6.45, 7) is 1.87. The van der Waals surface area contributed by atoms with Crippen LogP contribution >= 0.6 is 11.6 Å². The van der Waals surface area contributed by atoms with Gasteiger partial charge in [-0.25, -0.2) is 0 Å². The van der Waals surface area contributed by atoms with Crippen LogP contribution in [0.25, 0.3) is 0 Å². The standard InChI is InChI=1S/C10H12ClNO2/c1-7-2-3-8(9(13)6-7)12-10(14)4-5-11/h2-3,6,13H,4-5H2,1H3,(H,12,14). The summed E-state index contributed by atoms with van der Waals surface area (Å²) in [4.78, 5) is 11.1. The highest BCUT2D eigenvalue weighted by atomic mass is 35.5. The van der Waals surface area contributed by atoms with Crippen molar-refractivity contribution in [1.29, 1.82) is 0 Å². The van der Waals surface area contributed by atoms with Gasteiger partial charge in [-0.05, 0) is 24.6 Å². The van der Waals surface area contributed by atoms with Crippen molar-refractivity contribution in [2.75, 3.05) is 11.2 Å². The van der Waals surface area contributed by atoms with Crippen LogP contribution < -0.4 is 5.32 Å². The van der Waals surface area contributed by atoms with Gasteiger partial charge in [0.15, 0.2) is 0 Å². The Hall–Kier alpha value is -1.22. The van der Waals surface area contributed by atoms with Gasteiger partial charge >= 0.3 is 0 Å². The molecule has 0 aliphatic heterocycles. The van der Waals surface area contributed by atoms with E-state index in [1.807, 2.05) is 13.0 Å². The van der Waals surface area contributed by atoms with Crippen molar-refractivity contribution >= 4 is 23.2 Å². The molecule has 76 valence electrons. The third-order valence-corrected chi connectivity index (χ3v) is 1.94. The molecule has 0 aromatic heterocycles. The van der Waals surface area contributed by atoms with Crippen molar-refractivity contribution in [2.45, 2.75) is 13.3 Å². The zero-order valence-electron chi connectivity index (χ0n) is 7.88. The minimum Gasteiger partial charge on any atom is -0.506 e. The van der Waals surface area contributed by atoms with Gasteiger partial charge in [0.05, 0.1) is 5.69 Å². The van der Waals surface area contributed by atoms with Gasteiger partial charge in [0, 0.05) is 12.3 Å². The molecule has 0 saturated carbocycles. The molecule has 0 aliphatic rings. The molecule has 0 heterocycles. The van der Waals surface area contributed by atoms with Crippen LogP contribution in [-0.4, -0.2) is 16.9 Å². The van der Waals surface area contributed by atoms with Crippen molar-refractivity contribution in [1.82, 2.24) is 0 Å². The van der Waals surface area contributed by atoms with E-state index >= 15 is 0 Å². The second-order valence-electron chi connectivity index (χ2n) is 3.01. The van der Waals surface area contributed by atoms with Crippen molar-refractivity contribution in [3.05, 3.63) is 23.8 Å². The zero-order valence-corrected chi connectivity index (χ0v) is 8.64. The highest BCUT2D eigenvalue weighted by Crippen LogP contribution is 2.23. The fourth-order valence-corrected chi connectivity index (χ4v) is 1.22. The van der Waals surface area contributed by atoms with Gasteiger partial charge in [0.2, 0.25) is 5.91 Å². The highest BCUT2D eigenvalue weighted by molar-refractivity contribution is 6.19. The number of carbonyl (C=O) groups excluding carboxylic acids is 1. The van der Waals surface area contributed by atoms with E-state index in [1.165, 1.54) is 0 Å². The molecule has 1 amide bonds. The van der Waals surface area contributed by atoms with E-state index in [-0.39, 0.29) is 24.0 Å². The number of alkyl halides is 1. The molecule has 0 aliphatic carbocycles. The molecule has 0 spiro atoms. The Morgan fingerprint density at radius 3 is 2.86 bits per heavy atom. The molecule has 0 unspecified atom stereocenters. The number of nitrogens with one attached hydrogen (secondary N) is 1. The smallest absolute Gasteiger partial charge is 0.225 e. The number of anilines is 1. The van der Waals surface area contributed by atoms with Gasteiger partial charge in [-0.2, -0.15) is 0 Å². The van der Waals surface area contributed by atoms with E-state index in [0.29, 0.717) is 5.69 Å². The number of hydrogen-bond donors (Lipinski definition) is 2. The van der Waals surface area contributed by atoms with Gasteiger partial charge in [0.25, 0.3) is 0 Å². The molecule has 1 aromatic rings. The normalized spacial score (nSPS) is 9.86. The number of hydrogen-bond acceptors (Lipinski definition) is 2. The molecule has 1 aromatic carbocycles. The van der Waals surface area contributed by atoms with E-state index in [4.69, 9.17) is 11.6 Å². The summed E-state index contributed by atoms with van der Waals surface area (Å²) in [5, 5.41) is 12.0. The van der Waals surface area contributed by atoms with Crippen LogP contribution in [0.2, 0.25) is 0 Å². The quantitative estimate of drug-likeness (QED) is 0.598. The van der Waals surface area contributed by atoms with Crippen LogP contribution in [0.5, 0.6) is 5.75 Å². The predicted molar refractivity (Wildman–Crippen MR) is 56.8 cm³/mol. The van der Waals surface area contributed by atoms with Crippen molar-refractivity contribution < 1.29 is 9.90 Å². The number of phenolic OH excluding ortho intramolecular Hbond substituents is 1. The molecule has 4 heteroatoms. The molecule has 0 radical (unpaired) electrons. The van der Waals surface area contributed by atoms with Crippen LogP contribution in [0.15, 0.2) is 18.2 Å². The first-order chi connectivity index (χ1) is 6.63. The summed E-state index contributed by atoms with van der Waals surface area (Å²) in [6.07, 6.45) is 0.245. The molecule has 3 nitrogen and oxygen atoms in total. The Morgan fingerprint density at radius 2 is 2.29 bits per heavy atom. The van der Waals surface area contributed by atoms with Crippen LogP contribution in [0, 0.1) is 6.92 Å². The summed E-state index contributed by atoms with van der Waals surface area (Å²) in [6, 6.07) is 5.07. The third-order valence-electron chi connectivity index (χ3n) is 1.75. The topological polar surface area (TPSA) is 49.3 Å². The highest BCUT2D eigenvalue weighted by Gasteiger charge is 2.05. The molecule has 0 saturated heterocycles. The lowest BCUT2D eigenvalue weighted by Crippen LogP contribution is -2.11. The number of aryl methyl sites for hydroxylation is 1. The largest absolute Gasteiger partial charge is 0.506 e. The van der Waals surface area contributed by atoms with Gasteiger partial charge in [-0.15, -0.1) is 11.6 Å². The Labute approximate surface area is 87.7 Å². The average Bonchev–Trinajstić information content (AvgIpc) is 2.10. The van der Waals surface area contributed by atoms with E-state index in [9.17, 15) is 9.90 Å². The van der Waals surface area contributed by atoms with Crippen LogP contribution in [0.1, 0.15) is 12.0 Å². The van der Waals surface area contributed by atoms with Crippen molar-refractivity contribution in [2.24, 2.45) is 0 Å². The number of rotatable bonds is 3. The molecular weight excluding hydrogens is 202 g/mol. The van der Waals surface area contributed by atoms with Gasteiger partial charge in [-0.1, -0.05) is 6.07 Å². The minimum atomic E-state index is -0.195. The fourth-order valence-electron chi connectivity index (χ4n) is 1.05. The zero-order chi connectivity index (χ0) is 10.6. The Kier molecular flexibility index (Phi) is 3.77. The van der Waals surface area contributed by atoms with E-state index < -0.39 is 0 Å². The molecular formula is C10H12ClNO2. The lowest BCUT2D eigenvalue weighted by molar-refractivity contribution is -0.115. The van der Waals surface area contributed by atoms with Crippen molar-refractivity contribution in [3.8, 4) is 5.75 Å². The SMILES string of the molecule is Cc1ccc(NC(=O)CCCl)c(O)c1. The minimum absolute atomic E-state index is 0.0768. The number of phenols is 1. The fraction of sp³-hybridized carbons (Fsp3) is 0.300. The van der Waals surface area contributed by atoms with Gasteiger partial charge in [-0.3, -0.25) is 4.79 Å². The maximum atomic E-state index is 11.1. The first-order valence-corrected chi connectivity index (χ1v) is 4.82. The molecule has 1 rings (SSSR count). The maximum Gasteiger partial charge on any atom is 0.225 e. The number of amides is 1. The monoisotopic (exact) mass is 213 g/mol. The Bertz CT molecular complexity index is 339. The first-order valence-electron chi connectivity index (χ1n) is 4.29. The molecule has 2 N–H and O–H groups in total. The summed E-state index contributed by atoms with van der Waals surface area (Å²) in [5.74, 6) is 0.158. The number of aromatic hydroxyl groups is 1.